The molecule has 7 rings (SSSR count). The number of nitrogens with zero attached hydrogens (tertiary/aromatic N) is 4. The summed E-state index contributed by atoms with van der Waals surface area (Å²) in [7, 11) is -2.85. The van der Waals surface area contributed by atoms with Crippen molar-refractivity contribution in [3.63, 3.8) is 0 Å². The summed E-state index contributed by atoms with van der Waals surface area (Å²) in [5.41, 5.74) is 5.31. The van der Waals surface area contributed by atoms with Crippen LogP contribution < -0.4 is 20.3 Å². The van der Waals surface area contributed by atoms with E-state index in [1.807, 2.05) is 54.6 Å². The molecule has 4 aromatic carbocycles. The van der Waals surface area contributed by atoms with Crippen molar-refractivity contribution in [2.75, 3.05) is 95.1 Å². The highest BCUT2D eigenvalue weighted by Gasteiger charge is 2.35. The number of allylic oxidation sites excluding steroid dienone is 1. The molecule has 16 heteroatoms. The predicted octanol–water partition coefficient (Wildman–Crippen LogP) is 7.65. The number of ether oxygens (including phenoxy) is 1. The Morgan fingerprint density at radius 1 is 0.952 bits per heavy atom. The molecule has 0 aromatic heterocycles. The Morgan fingerprint density at radius 3 is 2.35 bits per heavy atom. The first-order valence-corrected chi connectivity index (χ1v) is 24.5. The molecule has 3 N–H and O–H groups in total. The summed E-state index contributed by atoms with van der Waals surface area (Å²) in [6, 6.07) is 28.4. The second-order valence-corrected chi connectivity index (χ2v) is 20.2. The number of nitro groups is 1. The van der Waals surface area contributed by atoms with Crippen LogP contribution in [0.25, 0.3) is 5.57 Å². The number of nitrogens with one attached hydrogen (secondary N) is 3. The van der Waals surface area contributed by atoms with Crippen molar-refractivity contribution in [2.45, 2.75) is 48.4 Å². The average Bonchev–Trinajstić information content (AvgIpc) is 3.28. The van der Waals surface area contributed by atoms with Gasteiger partial charge in [0, 0.05) is 118 Å². The van der Waals surface area contributed by atoms with Crippen LogP contribution in [0.1, 0.15) is 48.5 Å². The number of anilines is 2. The first-order valence-electron chi connectivity index (χ1n) is 21.6. The number of amides is 1. The van der Waals surface area contributed by atoms with Gasteiger partial charge in [0.25, 0.3) is 21.6 Å². The van der Waals surface area contributed by atoms with E-state index >= 15 is 0 Å². The lowest BCUT2D eigenvalue weighted by Gasteiger charge is -2.43. The number of thioether (sulfide) groups is 1. The lowest BCUT2D eigenvalue weighted by molar-refractivity contribution is -0.384. The van der Waals surface area contributed by atoms with Crippen LogP contribution in [0.15, 0.2) is 112 Å². The van der Waals surface area contributed by atoms with Crippen LogP contribution >= 0.6 is 23.4 Å². The van der Waals surface area contributed by atoms with Crippen molar-refractivity contribution in [1.29, 1.82) is 0 Å². The van der Waals surface area contributed by atoms with E-state index in [1.54, 1.807) is 31.0 Å². The van der Waals surface area contributed by atoms with E-state index in [2.05, 4.69) is 49.1 Å². The fraction of sp³-hybridized carbons (Fsp3) is 0.426. The Bertz CT molecular complexity index is 2320. The fourth-order valence-corrected chi connectivity index (χ4v) is 11.0. The van der Waals surface area contributed by atoms with Gasteiger partial charge in [-0.25, -0.2) is 13.1 Å². The first-order chi connectivity index (χ1) is 30.4. The van der Waals surface area contributed by atoms with Crippen LogP contribution in [-0.2, 0) is 14.8 Å². The molecule has 336 valence electrons. The normalized spacial score (nSPS) is 19.4. The monoisotopic (exact) mass is 915 g/mol. The minimum absolute atomic E-state index is 0.161. The predicted molar refractivity (Wildman–Crippen MR) is 254 cm³/mol. The van der Waals surface area contributed by atoms with E-state index in [-0.39, 0.29) is 27.6 Å². The quantitative estimate of drug-likeness (QED) is 0.0512. The number of carbonyl (C=O) groups is 1. The van der Waals surface area contributed by atoms with Crippen molar-refractivity contribution in [3.05, 3.63) is 129 Å². The Morgan fingerprint density at radius 2 is 1.67 bits per heavy atom. The minimum Gasteiger partial charge on any atom is -0.385 e. The molecule has 63 heavy (non-hydrogen) atoms. The molecule has 0 saturated carbocycles. The largest absolute Gasteiger partial charge is 0.385 e. The van der Waals surface area contributed by atoms with Gasteiger partial charge in [-0.05, 0) is 103 Å². The van der Waals surface area contributed by atoms with Crippen molar-refractivity contribution in [3.8, 4) is 0 Å². The number of benzene rings is 4. The Hall–Kier alpha value is -4.48. The molecule has 2 heterocycles. The van der Waals surface area contributed by atoms with Crippen LogP contribution in [0.4, 0.5) is 17.1 Å². The van der Waals surface area contributed by atoms with E-state index in [1.165, 1.54) is 28.8 Å². The number of carbonyl (C=O) groups excluding carboxylic acids is 1. The Kier molecular flexibility index (Phi) is 15.8. The number of halogens is 1. The summed E-state index contributed by atoms with van der Waals surface area (Å²) in [6.07, 6.45) is 3.85. The van der Waals surface area contributed by atoms with Crippen LogP contribution in [-0.4, -0.2) is 120 Å². The molecule has 4 aromatic rings. The van der Waals surface area contributed by atoms with Gasteiger partial charge < -0.3 is 25.2 Å². The standard InChI is InChI=1S/C47H58ClN7O6S2/c1-47(34-53-23-21-49-22-24-53)20-18-43(35-8-12-38(48)13-9-35)37(31-47)32-52-25-27-54(28-26-52)40-14-10-36(11-15-40)46(56)51-63(59,60)42-16-17-44(45(30-42)55(57)58)50-39(19-29-61-2)33-62-41-6-4-3-5-7-41/h3-17,30,39,49-50H,18-29,31-34H2,1-2H3,(H,51,56)/t39-,47?/m1/s1. The molecule has 2 aliphatic heterocycles. The van der Waals surface area contributed by atoms with Gasteiger partial charge in [0.05, 0.1) is 9.82 Å². The number of hydrogen-bond acceptors (Lipinski definition) is 12. The number of rotatable bonds is 18. The molecule has 13 nitrogen and oxygen atoms in total. The van der Waals surface area contributed by atoms with E-state index in [4.69, 9.17) is 16.3 Å². The maximum atomic E-state index is 13.4. The summed E-state index contributed by atoms with van der Waals surface area (Å²) in [6.45, 7) is 12.6. The van der Waals surface area contributed by atoms with Gasteiger partial charge in [-0.3, -0.25) is 19.8 Å². The lowest BCUT2D eigenvalue weighted by atomic mass is 9.71. The average molecular weight is 917 g/mol. The van der Waals surface area contributed by atoms with Gasteiger partial charge in [-0.1, -0.05) is 54.4 Å². The third-order valence-corrected chi connectivity index (χ3v) is 15.0. The molecule has 3 aliphatic rings. The minimum atomic E-state index is -4.44. The topological polar surface area (TPSA) is 149 Å². The van der Waals surface area contributed by atoms with Crippen molar-refractivity contribution >= 4 is 61.9 Å². The number of nitro benzene ring substituents is 1. The molecule has 1 unspecified atom stereocenters. The molecular formula is C47H58ClN7O6S2. The van der Waals surface area contributed by atoms with Gasteiger partial charge in [0.1, 0.15) is 5.69 Å². The molecule has 0 radical (unpaired) electrons. The van der Waals surface area contributed by atoms with Crippen LogP contribution in [0.2, 0.25) is 5.02 Å². The highest BCUT2D eigenvalue weighted by atomic mass is 35.5. The van der Waals surface area contributed by atoms with E-state index in [9.17, 15) is 23.3 Å². The van der Waals surface area contributed by atoms with Crippen molar-refractivity contribution in [1.82, 2.24) is 19.8 Å². The zero-order valence-corrected chi connectivity index (χ0v) is 38.5. The van der Waals surface area contributed by atoms with Gasteiger partial charge in [0.2, 0.25) is 0 Å². The third kappa shape index (κ3) is 12.6. The zero-order chi connectivity index (χ0) is 44.4. The molecule has 2 atom stereocenters. The smallest absolute Gasteiger partial charge is 0.293 e. The molecule has 0 spiro atoms. The van der Waals surface area contributed by atoms with Crippen LogP contribution in [0.5, 0.6) is 0 Å². The highest BCUT2D eigenvalue weighted by molar-refractivity contribution is 7.99. The maximum Gasteiger partial charge on any atom is 0.293 e. The lowest BCUT2D eigenvalue weighted by Crippen LogP contribution is -2.49. The van der Waals surface area contributed by atoms with Gasteiger partial charge in [-0.15, -0.1) is 11.8 Å². The number of hydrogen-bond donors (Lipinski definition) is 3. The summed E-state index contributed by atoms with van der Waals surface area (Å²) < 4.78 is 34.2. The summed E-state index contributed by atoms with van der Waals surface area (Å²) in [5.74, 6) is -0.229. The number of piperazine rings is 2. The molecule has 0 bridgehead atoms. The van der Waals surface area contributed by atoms with Crippen LogP contribution in [0.3, 0.4) is 0 Å². The van der Waals surface area contributed by atoms with Gasteiger partial charge in [0.15, 0.2) is 0 Å². The molecule has 1 aliphatic carbocycles. The zero-order valence-electron chi connectivity index (χ0n) is 36.1. The summed E-state index contributed by atoms with van der Waals surface area (Å²) in [4.78, 5) is 33.0. The van der Waals surface area contributed by atoms with Crippen molar-refractivity contribution < 1.29 is 22.9 Å². The van der Waals surface area contributed by atoms with Crippen molar-refractivity contribution in [2.24, 2.45) is 5.41 Å². The SMILES string of the molecule is COCC[C@H](CSc1ccccc1)Nc1ccc(S(=O)(=O)NC(=O)c2ccc(N3CCN(CC4=C(c5ccc(Cl)cc5)CCC(C)(CN5CCNCC5)C4)CC3)cc2)cc1[N+](=O)[O-]. The Balaban J connectivity index is 0.959. The molecule has 2 saturated heterocycles. The molecule has 2 fully saturated rings. The van der Waals surface area contributed by atoms with Gasteiger partial charge >= 0.3 is 0 Å². The Labute approximate surface area is 380 Å². The van der Waals surface area contributed by atoms with E-state index in [0.29, 0.717) is 18.8 Å². The second-order valence-electron chi connectivity index (χ2n) is 17.0. The third-order valence-electron chi connectivity index (χ3n) is 12.3. The van der Waals surface area contributed by atoms with Crippen LogP contribution in [0, 0.1) is 15.5 Å². The summed E-state index contributed by atoms with van der Waals surface area (Å²) >= 11 is 7.88. The molecular weight excluding hydrogens is 858 g/mol. The first kappa shape index (κ1) is 46.5. The van der Waals surface area contributed by atoms with Gasteiger partial charge in [-0.2, -0.15) is 0 Å². The summed E-state index contributed by atoms with van der Waals surface area (Å²) in [5, 5.41) is 19.6. The fourth-order valence-electron chi connectivity index (χ4n) is 8.85. The highest BCUT2D eigenvalue weighted by Crippen LogP contribution is 2.44. The number of methoxy groups -OCH3 is 1. The van der Waals surface area contributed by atoms with E-state index in [0.717, 1.165) is 106 Å². The number of sulfonamides is 1. The van der Waals surface area contributed by atoms with E-state index < -0.39 is 26.5 Å². The second kappa shape index (κ2) is 21.5. The maximum absolute atomic E-state index is 13.4. The molecule has 1 amide bonds.